The summed E-state index contributed by atoms with van der Waals surface area (Å²) in [6, 6.07) is 7.29. The summed E-state index contributed by atoms with van der Waals surface area (Å²) in [6.45, 7) is 1.81. The number of nitrogens with one attached hydrogen (secondary N) is 3. The smallest absolute Gasteiger partial charge is 0.229 e. The Hall–Kier alpha value is -3.18. The molecule has 12 heteroatoms. The van der Waals surface area contributed by atoms with Crippen LogP contribution in [0.2, 0.25) is 5.02 Å². The minimum absolute atomic E-state index is 0.0148. The van der Waals surface area contributed by atoms with Crippen molar-refractivity contribution in [2.75, 3.05) is 28.7 Å². The molecule has 8 nitrogen and oxygen atoms in total. The highest BCUT2D eigenvalue weighted by atomic mass is 35.5. The first-order valence-corrected chi connectivity index (χ1v) is 11.0. The van der Waals surface area contributed by atoms with Crippen molar-refractivity contribution in [2.45, 2.75) is 6.92 Å². The summed E-state index contributed by atoms with van der Waals surface area (Å²) >= 11 is 6.18. The molecule has 3 rings (SSSR count). The normalized spacial score (nSPS) is 11.2. The Kier molecular flexibility index (Phi) is 6.46. The molecule has 1 heterocycles. The third kappa shape index (κ3) is 5.50. The molecule has 0 saturated heterocycles. The Morgan fingerprint density at radius 3 is 2.45 bits per heavy atom. The molecule has 0 fully saturated rings. The van der Waals surface area contributed by atoms with E-state index in [0.29, 0.717) is 11.4 Å². The first-order chi connectivity index (χ1) is 14.6. The van der Waals surface area contributed by atoms with Crippen LogP contribution in [0.25, 0.3) is 0 Å². The van der Waals surface area contributed by atoms with Gasteiger partial charge in [-0.3, -0.25) is 4.72 Å². The van der Waals surface area contributed by atoms with Crippen LogP contribution in [0.3, 0.4) is 0 Å². The summed E-state index contributed by atoms with van der Waals surface area (Å²) in [5.74, 6) is -2.39. The van der Waals surface area contributed by atoms with Gasteiger partial charge in [-0.25, -0.2) is 17.8 Å². The maximum Gasteiger partial charge on any atom is 0.229 e. The highest BCUT2D eigenvalue weighted by molar-refractivity contribution is 7.92. The number of hydrogen-bond acceptors (Lipinski definition) is 7. The number of anilines is 5. The van der Waals surface area contributed by atoms with Gasteiger partial charge < -0.3 is 15.4 Å². The third-order valence-electron chi connectivity index (χ3n) is 3.97. The van der Waals surface area contributed by atoms with Crippen LogP contribution in [-0.2, 0) is 10.0 Å². The molecule has 3 N–H and O–H groups in total. The molecule has 0 unspecified atom stereocenters. The Bertz CT molecular complexity index is 1240. The predicted octanol–water partition coefficient (Wildman–Crippen LogP) is 4.58. The van der Waals surface area contributed by atoms with Crippen molar-refractivity contribution in [1.82, 2.24) is 9.97 Å². The fourth-order valence-electron chi connectivity index (χ4n) is 2.64. The summed E-state index contributed by atoms with van der Waals surface area (Å²) in [5, 5.41) is 5.84. The maximum absolute atomic E-state index is 13.9. The monoisotopic (exact) mass is 469 g/mol. The van der Waals surface area contributed by atoms with Gasteiger partial charge in [-0.1, -0.05) is 17.7 Å². The average Bonchev–Trinajstić information content (AvgIpc) is 2.68. The van der Waals surface area contributed by atoms with Gasteiger partial charge in [0.15, 0.2) is 17.4 Å². The van der Waals surface area contributed by atoms with Crippen LogP contribution in [0.1, 0.15) is 5.56 Å². The van der Waals surface area contributed by atoms with Crippen LogP contribution < -0.4 is 20.1 Å². The minimum atomic E-state index is -3.53. The third-order valence-corrected chi connectivity index (χ3v) is 4.84. The number of hydrogen-bond donors (Lipinski definition) is 3. The average molecular weight is 470 g/mol. The zero-order valence-corrected chi connectivity index (χ0v) is 18.2. The van der Waals surface area contributed by atoms with E-state index < -0.39 is 21.7 Å². The van der Waals surface area contributed by atoms with Crippen LogP contribution in [0.4, 0.5) is 37.6 Å². The quantitative estimate of drug-likeness (QED) is 0.465. The topological polar surface area (TPSA) is 105 Å². The van der Waals surface area contributed by atoms with E-state index in [-0.39, 0.29) is 28.2 Å². The van der Waals surface area contributed by atoms with Crippen LogP contribution in [0, 0.1) is 18.6 Å². The Morgan fingerprint density at radius 2 is 1.77 bits per heavy atom. The minimum Gasteiger partial charge on any atom is -0.491 e. The van der Waals surface area contributed by atoms with E-state index in [4.69, 9.17) is 16.3 Å². The van der Waals surface area contributed by atoms with Gasteiger partial charge in [0, 0.05) is 0 Å². The SMILES string of the molecule is COc1c(Nc2ncc(Cl)c(Nc3ccc(C)cc3NS(C)(=O)=O)n2)ccc(F)c1F. The number of sulfonamides is 1. The molecule has 0 amide bonds. The number of aryl methyl sites for hydroxylation is 1. The molecule has 0 atom stereocenters. The molecule has 0 bridgehead atoms. The lowest BCUT2D eigenvalue weighted by Crippen LogP contribution is -2.11. The number of halogens is 3. The lowest BCUT2D eigenvalue weighted by atomic mass is 10.2. The number of nitrogens with zero attached hydrogens (tertiary/aromatic N) is 2. The molecule has 0 aliphatic rings. The molecule has 31 heavy (non-hydrogen) atoms. The fraction of sp³-hybridized carbons (Fsp3) is 0.158. The standard InChI is InChI=1S/C19H18ClF2N5O3S/c1-10-4-6-13(15(8-10)27-31(3,28)29)24-18-11(20)9-23-19(26-18)25-14-7-5-12(21)16(22)17(14)30-2/h4-9,27H,1-3H3,(H2,23,24,25,26). The highest BCUT2D eigenvalue weighted by Gasteiger charge is 2.16. The zero-order valence-electron chi connectivity index (χ0n) is 16.6. The van der Waals surface area contributed by atoms with E-state index >= 15 is 0 Å². The lowest BCUT2D eigenvalue weighted by Gasteiger charge is -2.15. The number of methoxy groups -OCH3 is 1. The summed E-state index contributed by atoms with van der Waals surface area (Å²) in [5.41, 5.74) is 1.63. The lowest BCUT2D eigenvalue weighted by molar-refractivity contribution is 0.374. The van der Waals surface area contributed by atoms with Gasteiger partial charge in [0.1, 0.15) is 5.02 Å². The van der Waals surface area contributed by atoms with E-state index in [1.807, 2.05) is 6.92 Å². The second kappa shape index (κ2) is 8.90. The van der Waals surface area contributed by atoms with Crippen LogP contribution in [-0.4, -0.2) is 31.8 Å². The van der Waals surface area contributed by atoms with Crippen LogP contribution in [0.15, 0.2) is 36.5 Å². The Labute approximate surface area is 182 Å². The van der Waals surface area contributed by atoms with Gasteiger partial charge in [-0.15, -0.1) is 0 Å². The second-order valence-corrected chi connectivity index (χ2v) is 8.66. The molecule has 3 aromatic rings. The van der Waals surface area contributed by atoms with E-state index in [9.17, 15) is 17.2 Å². The van der Waals surface area contributed by atoms with Crippen molar-refractivity contribution in [3.8, 4) is 5.75 Å². The van der Waals surface area contributed by atoms with E-state index in [1.54, 1.807) is 18.2 Å². The van der Waals surface area contributed by atoms with Crippen molar-refractivity contribution >= 4 is 50.5 Å². The molecule has 2 aromatic carbocycles. The van der Waals surface area contributed by atoms with Gasteiger partial charge in [0.2, 0.25) is 21.8 Å². The largest absolute Gasteiger partial charge is 0.491 e. The van der Waals surface area contributed by atoms with Gasteiger partial charge >= 0.3 is 0 Å². The predicted molar refractivity (Wildman–Crippen MR) is 116 cm³/mol. The van der Waals surface area contributed by atoms with Crippen molar-refractivity contribution in [1.29, 1.82) is 0 Å². The van der Waals surface area contributed by atoms with Crippen molar-refractivity contribution in [3.63, 3.8) is 0 Å². The fourth-order valence-corrected chi connectivity index (χ4v) is 3.35. The van der Waals surface area contributed by atoms with Gasteiger partial charge in [0.25, 0.3) is 0 Å². The van der Waals surface area contributed by atoms with Gasteiger partial charge in [0.05, 0.1) is 36.6 Å². The highest BCUT2D eigenvalue weighted by Crippen LogP contribution is 2.33. The van der Waals surface area contributed by atoms with E-state index in [2.05, 4.69) is 25.3 Å². The number of aromatic nitrogens is 2. The van der Waals surface area contributed by atoms with Crippen molar-refractivity contribution in [3.05, 3.63) is 58.7 Å². The number of ether oxygens (including phenoxy) is 1. The van der Waals surface area contributed by atoms with E-state index in [0.717, 1.165) is 17.9 Å². The molecular weight excluding hydrogens is 452 g/mol. The van der Waals surface area contributed by atoms with Gasteiger partial charge in [-0.05, 0) is 36.8 Å². The summed E-state index contributed by atoms with van der Waals surface area (Å²) in [4.78, 5) is 8.26. The van der Waals surface area contributed by atoms with Crippen LogP contribution >= 0.6 is 11.6 Å². The van der Waals surface area contributed by atoms with Crippen molar-refractivity contribution in [2.24, 2.45) is 0 Å². The zero-order chi connectivity index (χ0) is 22.8. The molecular formula is C19H18ClF2N5O3S. The molecule has 0 aliphatic carbocycles. The number of benzene rings is 2. The molecule has 0 saturated carbocycles. The Balaban J connectivity index is 1.94. The second-order valence-electron chi connectivity index (χ2n) is 6.51. The van der Waals surface area contributed by atoms with E-state index in [1.165, 1.54) is 19.4 Å². The first kappa shape index (κ1) is 22.5. The van der Waals surface area contributed by atoms with Crippen molar-refractivity contribution < 1.29 is 21.9 Å². The molecule has 0 aliphatic heterocycles. The molecule has 1 aromatic heterocycles. The summed E-state index contributed by atoms with van der Waals surface area (Å²) in [6.07, 6.45) is 2.33. The Morgan fingerprint density at radius 1 is 1.06 bits per heavy atom. The molecule has 0 radical (unpaired) electrons. The number of rotatable bonds is 7. The molecule has 164 valence electrons. The summed E-state index contributed by atoms with van der Waals surface area (Å²) < 4.78 is 58.1. The first-order valence-electron chi connectivity index (χ1n) is 8.74. The van der Waals surface area contributed by atoms with Crippen LogP contribution in [0.5, 0.6) is 5.75 Å². The van der Waals surface area contributed by atoms with Gasteiger partial charge in [-0.2, -0.15) is 9.37 Å². The summed E-state index contributed by atoms with van der Waals surface area (Å²) in [7, 11) is -2.33. The molecule has 0 spiro atoms. The maximum atomic E-state index is 13.9.